The molecule has 0 spiro atoms. The zero-order valence-corrected chi connectivity index (χ0v) is 11.5. The quantitative estimate of drug-likeness (QED) is 0.893. The Labute approximate surface area is 118 Å². The van der Waals surface area contributed by atoms with Crippen LogP contribution in [0.2, 0.25) is 0 Å². The molecule has 1 fully saturated rings. The van der Waals surface area contributed by atoms with Gasteiger partial charge in [-0.05, 0) is 25.0 Å². The van der Waals surface area contributed by atoms with Gasteiger partial charge in [-0.25, -0.2) is 4.52 Å². The van der Waals surface area contributed by atoms with E-state index < -0.39 is 0 Å². The fourth-order valence-corrected chi connectivity index (χ4v) is 3.03. The van der Waals surface area contributed by atoms with Crippen LogP contribution in [0.25, 0.3) is 5.52 Å². The Morgan fingerprint density at radius 2 is 2.15 bits per heavy atom. The van der Waals surface area contributed by atoms with Crippen molar-refractivity contribution in [2.24, 2.45) is 5.73 Å². The lowest BCUT2D eigenvalue weighted by molar-refractivity contribution is 0.0876. The first kappa shape index (κ1) is 13.1. The Hall–Kier alpha value is -1.88. The minimum absolute atomic E-state index is 0.0708. The number of carbonyl (C=O) groups excluding carboxylic acids is 1. The summed E-state index contributed by atoms with van der Waals surface area (Å²) in [4.78, 5) is 12.5. The molecule has 5 heteroatoms. The maximum atomic E-state index is 12.5. The highest BCUT2D eigenvalue weighted by atomic mass is 16.1. The van der Waals surface area contributed by atoms with Crippen molar-refractivity contribution in [1.29, 1.82) is 0 Å². The van der Waals surface area contributed by atoms with Crippen molar-refractivity contribution in [1.82, 2.24) is 14.9 Å². The molecule has 20 heavy (non-hydrogen) atoms. The first-order chi connectivity index (χ1) is 9.74. The molecule has 0 bridgehead atoms. The largest absolute Gasteiger partial charge is 0.345 e. The van der Waals surface area contributed by atoms with E-state index in [2.05, 4.69) is 10.4 Å². The number of nitrogens with zero attached hydrogens (tertiary/aromatic N) is 2. The Balaban J connectivity index is 1.85. The van der Waals surface area contributed by atoms with Gasteiger partial charge in [0, 0.05) is 12.7 Å². The zero-order chi connectivity index (χ0) is 14.0. The topological polar surface area (TPSA) is 72.4 Å². The van der Waals surface area contributed by atoms with Crippen LogP contribution in [0, 0.1) is 0 Å². The van der Waals surface area contributed by atoms with Crippen molar-refractivity contribution in [3.05, 3.63) is 36.2 Å². The summed E-state index contributed by atoms with van der Waals surface area (Å²) in [5.74, 6) is -0.0708. The monoisotopic (exact) mass is 272 g/mol. The molecular weight excluding hydrogens is 252 g/mol. The van der Waals surface area contributed by atoms with E-state index in [9.17, 15) is 4.79 Å². The maximum Gasteiger partial charge on any atom is 0.255 e. The summed E-state index contributed by atoms with van der Waals surface area (Å²) in [5.41, 5.74) is 7.12. The molecule has 2 aromatic heterocycles. The van der Waals surface area contributed by atoms with Crippen molar-refractivity contribution >= 4 is 11.4 Å². The summed E-state index contributed by atoms with van der Waals surface area (Å²) in [6.45, 7) is 0.498. The molecule has 2 heterocycles. The van der Waals surface area contributed by atoms with Crippen molar-refractivity contribution in [2.45, 2.75) is 37.6 Å². The SMILES string of the molecule is NCC1(NC(=O)c2cnn3ccccc23)CCCCC1. The number of hydrogen-bond acceptors (Lipinski definition) is 3. The molecule has 0 atom stereocenters. The average molecular weight is 272 g/mol. The van der Waals surface area contributed by atoms with Crippen LogP contribution in [0.5, 0.6) is 0 Å². The predicted octanol–water partition coefficient (Wildman–Crippen LogP) is 1.73. The number of nitrogens with one attached hydrogen (secondary N) is 1. The van der Waals surface area contributed by atoms with E-state index in [0.29, 0.717) is 12.1 Å². The minimum atomic E-state index is -0.238. The van der Waals surface area contributed by atoms with Crippen LogP contribution in [0.15, 0.2) is 30.6 Å². The van der Waals surface area contributed by atoms with Gasteiger partial charge in [0.1, 0.15) is 0 Å². The van der Waals surface area contributed by atoms with Gasteiger partial charge >= 0.3 is 0 Å². The molecular formula is C15H20N4O. The summed E-state index contributed by atoms with van der Waals surface area (Å²) in [6.07, 6.45) is 8.89. The molecule has 1 aliphatic carbocycles. The van der Waals surface area contributed by atoms with Crippen molar-refractivity contribution in [3.63, 3.8) is 0 Å². The summed E-state index contributed by atoms with van der Waals surface area (Å²) >= 11 is 0. The molecule has 0 aliphatic heterocycles. The molecule has 1 aliphatic rings. The van der Waals surface area contributed by atoms with Gasteiger partial charge in [0.05, 0.1) is 22.8 Å². The number of pyridine rings is 1. The van der Waals surface area contributed by atoms with E-state index in [1.165, 1.54) is 6.42 Å². The van der Waals surface area contributed by atoms with Gasteiger partial charge in [-0.2, -0.15) is 5.10 Å². The second-order valence-corrected chi connectivity index (χ2v) is 5.59. The second kappa shape index (κ2) is 5.25. The molecule has 106 valence electrons. The standard InChI is InChI=1S/C15H20N4O/c16-11-15(7-3-1-4-8-15)18-14(20)12-10-17-19-9-5-2-6-13(12)19/h2,5-6,9-10H,1,3-4,7-8,11,16H2,(H,18,20). The number of fused-ring (bicyclic) bond motifs is 1. The van der Waals surface area contributed by atoms with Gasteiger partial charge in [-0.1, -0.05) is 25.3 Å². The van der Waals surface area contributed by atoms with Crippen LogP contribution in [0.1, 0.15) is 42.5 Å². The van der Waals surface area contributed by atoms with Crippen molar-refractivity contribution in [3.8, 4) is 0 Å². The zero-order valence-electron chi connectivity index (χ0n) is 11.5. The fourth-order valence-electron chi connectivity index (χ4n) is 3.03. The van der Waals surface area contributed by atoms with Gasteiger partial charge in [0.15, 0.2) is 0 Å². The number of aromatic nitrogens is 2. The normalized spacial score (nSPS) is 18.1. The highest BCUT2D eigenvalue weighted by Crippen LogP contribution is 2.27. The number of rotatable bonds is 3. The third-order valence-corrected chi connectivity index (χ3v) is 4.25. The Kier molecular flexibility index (Phi) is 3.44. The molecule has 3 rings (SSSR count). The van der Waals surface area contributed by atoms with E-state index in [1.807, 2.05) is 24.4 Å². The van der Waals surface area contributed by atoms with E-state index in [0.717, 1.165) is 31.2 Å². The summed E-state index contributed by atoms with van der Waals surface area (Å²) in [6, 6.07) is 5.70. The lowest BCUT2D eigenvalue weighted by atomic mass is 9.81. The van der Waals surface area contributed by atoms with Gasteiger partial charge < -0.3 is 11.1 Å². The van der Waals surface area contributed by atoms with E-state index in [1.54, 1.807) is 10.7 Å². The molecule has 5 nitrogen and oxygen atoms in total. The average Bonchev–Trinajstić information content (AvgIpc) is 2.92. The van der Waals surface area contributed by atoms with Gasteiger partial charge in [0.25, 0.3) is 5.91 Å². The Morgan fingerprint density at radius 1 is 1.35 bits per heavy atom. The molecule has 0 aromatic carbocycles. The van der Waals surface area contributed by atoms with Crippen LogP contribution in [-0.2, 0) is 0 Å². The lowest BCUT2D eigenvalue weighted by Crippen LogP contribution is -2.54. The molecule has 0 unspecified atom stereocenters. The molecule has 3 N–H and O–H groups in total. The predicted molar refractivity (Wildman–Crippen MR) is 77.5 cm³/mol. The van der Waals surface area contributed by atoms with E-state index in [-0.39, 0.29) is 11.4 Å². The van der Waals surface area contributed by atoms with Crippen LogP contribution in [0.3, 0.4) is 0 Å². The Morgan fingerprint density at radius 3 is 2.90 bits per heavy atom. The summed E-state index contributed by atoms with van der Waals surface area (Å²) in [7, 11) is 0. The second-order valence-electron chi connectivity index (χ2n) is 5.59. The van der Waals surface area contributed by atoms with Crippen LogP contribution in [0.4, 0.5) is 0 Å². The van der Waals surface area contributed by atoms with Crippen molar-refractivity contribution < 1.29 is 4.79 Å². The minimum Gasteiger partial charge on any atom is -0.345 e. The first-order valence-electron chi connectivity index (χ1n) is 7.19. The van der Waals surface area contributed by atoms with E-state index >= 15 is 0 Å². The molecule has 1 saturated carbocycles. The fraction of sp³-hybridized carbons (Fsp3) is 0.467. The smallest absolute Gasteiger partial charge is 0.255 e. The van der Waals surface area contributed by atoms with Crippen LogP contribution in [-0.4, -0.2) is 27.6 Å². The summed E-state index contributed by atoms with van der Waals surface area (Å²) in [5, 5.41) is 7.37. The van der Waals surface area contributed by atoms with Gasteiger partial charge in [-0.3, -0.25) is 4.79 Å². The maximum absolute atomic E-state index is 12.5. The molecule has 0 radical (unpaired) electrons. The van der Waals surface area contributed by atoms with Gasteiger partial charge in [-0.15, -0.1) is 0 Å². The number of hydrogen-bond donors (Lipinski definition) is 2. The number of amides is 1. The van der Waals surface area contributed by atoms with Gasteiger partial charge in [0.2, 0.25) is 0 Å². The lowest BCUT2D eigenvalue weighted by Gasteiger charge is -2.37. The van der Waals surface area contributed by atoms with Crippen molar-refractivity contribution in [2.75, 3.05) is 6.54 Å². The highest BCUT2D eigenvalue weighted by molar-refractivity contribution is 6.01. The van der Waals surface area contributed by atoms with Crippen LogP contribution < -0.4 is 11.1 Å². The molecule has 0 saturated heterocycles. The van der Waals surface area contributed by atoms with Crippen LogP contribution >= 0.6 is 0 Å². The third kappa shape index (κ3) is 2.29. The first-order valence-corrected chi connectivity index (χ1v) is 7.19. The molecule has 2 aromatic rings. The van der Waals surface area contributed by atoms with E-state index in [4.69, 9.17) is 5.73 Å². The Bertz CT molecular complexity index is 613. The summed E-state index contributed by atoms with van der Waals surface area (Å²) < 4.78 is 1.71. The molecule has 1 amide bonds. The number of nitrogens with two attached hydrogens (primary N) is 1. The third-order valence-electron chi connectivity index (χ3n) is 4.25. The highest BCUT2D eigenvalue weighted by Gasteiger charge is 2.32. The number of carbonyl (C=O) groups is 1.